The molecule has 0 aliphatic heterocycles. The van der Waals surface area contributed by atoms with E-state index in [9.17, 15) is 4.79 Å². The molecule has 1 aromatic heterocycles. The van der Waals surface area contributed by atoms with Gasteiger partial charge in [0.2, 0.25) is 0 Å². The quantitative estimate of drug-likeness (QED) is 0.582. The molecular weight excluding hydrogens is 152 g/mol. The third-order valence-corrected chi connectivity index (χ3v) is 2.07. The van der Waals surface area contributed by atoms with Gasteiger partial charge < -0.3 is 4.42 Å². The standard InChI is InChI=1S/C10H10O2/c1-7-2-4-9-8(6-7)3-5-10(11)12-9/h2-5,7H,6H2,1H3. The van der Waals surface area contributed by atoms with Crippen LogP contribution in [0.5, 0.6) is 0 Å². The summed E-state index contributed by atoms with van der Waals surface area (Å²) in [7, 11) is 0. The lowest BCUT2D eigenvalue weighted by Crippen LogP contribution is -2.07. The molecule has 2 heteroatoms. The lowest BCUT2D eigenvalue weighted by atomic mass is 9.95. The third kappa shape index (κ3) is 1.20. The number of rotatable bonds is 0. The Balaban J connectivity index is 2.54. The molecule has 1 atom stereocenters. The number of allylic oxidation sites excluding steroid dienone is 1. The van der Waals surface area contributed by atoms with Gasteiger partial charge in [0.15, 0.2) is 0 Å². The largest absolute Gasteiger partial charge is 0.423 e. The second-order valence-corrected chi connectivity index (χ2v) is 3.18. The van der Waals surface area contributed by atoms with Gasteiger partial charge in [0.1, 0.15) is 5.76 Å². The maximum atomic E-state index is 10.8. The second-order valence-electron chi connectivity index (χ2n) is 3.18. The van der Waals surface area contributed by atoms with E-state index in [1.807, 2.05) is 12.1 Å². The van der Waals surface area contributed by atoms with Crippen molar-refractivity contribution in [3.05, 3.63) is 40.0 Å². The molecule has 0 saturated carbocycles. The van der Waals surface area contributed by atoms with Gasteiger partial charge in [0.25, 0.3) is 0 Å². The van der Waals surface area contributed by atoms with Gasteiger partial charge in [0.05, 0.1) is 0 Å². The third-order valence-electron chi connectivity index (χ3n) is 2.07. The number of hydrogen-bond acceptors (Lipinski definition) is 2. The van der Waals surface area contributed by atoms with Crippen LogP contribution in [0.15, 0.2) is 27.4 Å². The van der Waals surface area contributed by atoms with Crippen molar-refractivity contribution in [1.82, 2.24) is 0 Å². The summed E-state index contributed by atoms with van der Waals surface area (Å²) < 4.78 is 5.01. The van der Waals surface area contributed by atoms with Gasteiger partial charge in [-0.2, -0.15) is 0 Å². The average molecular weight is 162 g/mol. The molecule has 0 aromatic carbocycles. The Kier molecular flexibility index (Phi) is 1.61. The lowest BCUT2D eigenvalue weighted by molar-refractivity contribution is 0.485. The molecule has 1 heterocycles. The zero-order valence-electron chi connectivity index (χ0n) is 6.91. The minimum atomic E-state index is -0.270. The molecule has 12 heavy (non-hydrogen) atoms. The molecular formula is C10H10O2. The predicted octanol–water partition coefficient (Wildman–Crippen LogP) is 1.85. The highest BCUT2D eigenvalue weighted by molar-refractivity contribution is 5.50. The Morgan fingerprint density at radius 1 is 1.50 bits per heavy atom. The normalized spacial score (nSPS) is 20.6. The first-order valence-electron chi connectivity index (χ1n) is 4.07. The molecule has 2 rings (SSSR count). The highest BCUT2D eigenvalue weighted by Gasteiger charge is 2.11. The summed E-state index contributed by atoms with van der Waals surface area (Å²) in [5, 5.41) is 0. The fraction of sp³-hybridized carbons (Fsp3) is 0.300. The van der Waals surface area contributed by atoms with Crippen LogP contribution in [0, 0.1) is 5.92 Å². The van der Waals surface area contributed by atoms with Crippen molar-refractivity contribution in [2.24, 2.45) is 5.92 Å². The van der Waals surface area contributed by atoms with Crippen molar-refractivity contribution in [2.75, 3.05) is 0 Å². The molecule has 0 bridgehead atoms. The van der Waals surface area contributed by atoms with E-state index >= 15 is 0 Å². The molecule has 2 nitrogen and oxygen atoms in total. The molecule has 0 fully saturated rings. The maximum Gasteiger partial charge on any atom is 0.336 e. The van der Waals surface area contributed by atoms with Crippen molar-refractivity contribution < 1.29 is 4.42 Å². The minimum absolute atomic E-state index is 0.270. The summed E-state index contributed by atoms with van der Waals surface area (Å²) in [6, 6.07) is 3.33. The zero-order valence-corrected chi connectivity index (χ0v) is 6.91. The van der Waals surface area contributed by atoms with Crippen LogP contribution in [-0.4, -0.2) is 0 Å². The van der Waals surface area contributed by atoms with Crippen LogP contribution in [0.3, 0.4) is 0 Å². The molecule has 0 saturated heterocycles. The van der Waals surface area contributed by atoms with Crippen molar-refractivity contribution in [2.45, 2.75) is 13.3 Å². The SMILES string of the molecule is CC1C=Cc2oc(=O)ccc2C1. The Morgan fingerprint density at radius 3 is 3.17 bits per heavy atom. The van der Waals surface area contributed by atoms with Gasteiger partial charge in [-0.05, 0) is 30.0 Å². The highest BCUT2D eigenvalue weighted by Crippen LogP contribution is 2.20. The van der Waals surface area contributed by atoms with Crippen molar-refractivity contribution in [3.8, 4) is 0 Å². The Morgan fingerprint density at radius 2 is 2.33 bits per heavy atom. The van der Waals surface area contributed by atoms with Crippen LogP contribution in [-0.2, 0) is 6.42 Å². The Hall–Kier alpha value is -1.31. The van der Waals surface area contributed by atoms with Crippen LogP contribution in [0.25, 0.3) is 6.08 Å². The van der Waals surface area contributed by atoms with Crippen LogP contribution in [0.1, 0.15) is 18.2 Å². The molecule has 1 aliphatic rings. The molecule has 1 unspecified atom stereocenters. The maximum absolute atomic E-state index is 10.8. The topological polar surface area (TPSA) is 30.2 Å². The van der Waals surface area contributed by atoms with E-state index < -0.39 is 0 Å². The first kappa shape index (κ1) is 7.35. The molecule has 62 valence electrons. The van der Waals surface area contributed by atoms with E-state index in [4.69, 9.17) is 4.42 Å². The van der Waals surface area contributed by atoms with Gasteiger partial charge >= 0.3 is 5.63 Å². The van der Waals surface area contributed by atoms with Crippen LogP contribution >= 0.6 is 0 Å². The Labute approximate surface area is 70.5 Å². The summed E-state index contributed by atoms with van der Waals surface area (Å²) in [6.45, 7) is 2.14. The van der Waals surface area contributed by atoms with Crippen LogP contribution in [0.2, 0.25) is 0 Å². The first-order valence-corrected chi connectivity index (χ1v) is 4.07. The molecule has 0 N–H and O–H groups in total. The van der Waals surface area contributed by atoms with E-state index in [2.05, 4.69) is 13.0 Å². The van der Waals surface area contributed by atoms with Gasteiger partial charge in [-0.1, -0.05) is 13.0 Å². The number of hydrogen-bond donors (Lipinski definition) is 0. The lowest BCUT2D eigenvalue weighted by Gasteiger charge is -2.12. The fourth-order valence-corrected chi connectivity index (χ4v) is 1.43. The highest BCUT2D eigenvalue weighted by atomic mass is 16.4. The predicted molar refractivity (Wildman–Crippen MR) is 46.9 cm³/mol. The van der Waals surface area contributed by atoms with Crippen molar-refractivity contribution in [3.63, 3.8) is 0 Å². The van der Waals surface area contributed by atoms with Gasteiger partial charge in [-0.3, -0.25) is 0 Å². The van der Waals surface area contributed by atoms with Crippen molar-refractivity contribution in [1.29, 1.82) is 0 Å². The molecule has 0 spiro atoms. The summed E-state index contributed by atoms with van der Waals surface area (Å²) in [5.74, 6) is 1.27. The Bertz CT molecular complexity index is 374. The van der Waals surface area contributed by atoms with E-state index in [0.29, 0.717) is 5.92 Å². The van der Waals surface area contributed by atoms with E-state index in [1.54, 1.807) is 0 Å². The molecule has 0 radical (unpaired) electrons. The summed E-state index contributed by atoms with van der Waals surface area (Å²) in [6.07, 6.45) is 4.91. The monoisotopic (exact) mass is 162 g/mol. The minimum Gasteiger partial charge on any atom is -0.423 e. The van der Waals surface area contributed by atoms with E-state index in [-0.39, 0.29) is 5.63 Å². The van der Waals surface area contributed by atoms with E-state index in [0.717, 1.165) is 17.7 Å². The van der Waals surface area contributed by atoms with Crippen LogP contribution < -0.4 is 5.63 Å². The smallest absolute Gasteiger partial charge is 0.336 e. The summed E-state index contributed by atoms with van der Waals surface area (Å²) in [4.78, 5) is 10.8. The molecule has 0 amide bonds. The van der Waals surface area contributed by atoms with Crippen molar-refractivity contribution >= 4 is 6.08 Å². The van der Waals surface area contributed by atoms with Gasteiger partial charge in [-0.25, -0.2) is 4.79 Å². The number of fused-ring (bicyclic) bond motifs is 1. The summed E-state index contributed by atoms with van der Waals surface area (Å²) in [5.41, 5.74) is 0.859. The molecule has 1 aliphatic carbocycles. The molecule has 1 aromatic rings. The van der Waals surface area contributed by atoms with E-state index in [1.165, 1.54) is 6.07 Å². The van der Waals surface area contributed by atoms with Crippen LogP contribution in [0.4, 0.5) is 0 Å². The average Bonchev–Trinajstić information content (AvgIpc) is 2.05. The van der Waals surface area contributed by atoms with Gasteiger partial charge in [-0.15, -0.1) is 0 Å². The summed E-state index contributed by atoms with van der Waals surface area (Å²) >= 11 is 0. The fourth-order valence-electron chi connectivity index (χ4n) is 1.43. The van der Waals surface area contributed by atoms with Gasteiger partial charge in [0, 0.05) is 6.07 Å². The second kappa shape index (κ2) is 2.63. The zero-order chi connectivity index (χ0) is 8.55. The first-order chi connectivity index (χ1) is 5.75.